The van der Waals surface area contributed by atoms with E-state index < -0.39 is 0 Å². The molecule has 2 unspecified atom stereocenters. The van der Waals surface area contributed by atoms with Crippen LogP contribution in [-0.4, -0.2) is 18.5 Å². The summed E-state index contributed by atoms with van der Waals surface area (Å²) in [5.74, 6) is -0.371. The third kappa shape index (κ3) is 1.50. The molecule has 2 nitrogen and oxygen atoms in total. The van der Waals surface area contributed by atoms with Crippen LogP contribution < -0.4 is 0 Å². The minimum absolute atomic E-state index is 0.102. The van der Waals surface area contributed by atoms with Crippen molar-refractivity contribution in [1.82, 2.24) is 0 Å². The molecule has 1 rings (SSSR count). The predicted molar refractivity (Wildman–Crippen MR) is 38.4 cm³/mol. The third-order valence-electron chi connectivity index (χ3n) is 1.90. The third-order valence-corrected chi connectivity index (χ3v) is 1.90. The molecule has 1 fully saturated rings. The van der Waals surface area contributed by atoms with Crippen molar-refractivity contribution in [3.63, 3.8) is 0 Å². The lowest BCUT2D eigenvalue weighted by atomic mass is 10.2. The zero-order valence-electron chi connectivity index (χ0n) is 6.59. The largest absolute Gasteiger partial charge is 0.348 e. The van der Waals surface area contributed by atoms with Crippen molar-refractivity contribution in [2.24, 2.45) is 0 Å². The van der Waals surface area contributed by atoms with Gasteiger partial charge in [0.25, 0.3) is 0 Å². The van der Waals surface area contributed by atoms with E-state index in [1.807, 2.05) is 13.8 Å². The lowest BCUT2D eigenvalue weighted by Gasteiger charge is -2.20. The molecule has 1 aliphatic heterocycles. The first-order chi connectivity index (χ1) is 4.70. The van der Waals surface area contributed by atoms with Crippen molar-refractivity contribution < 1.29 is 9.47 Å². The molecule has 0 aliphatic carbocycles. The Bertz CT molecular complexity index is 114. The molecule has 0 aromatic carbocycles. The van der Waals surface area contributed by atoms with Crippen molar-refractivity contribution in [1.29, 1.82) is 0 Å². The summed E-state index contributed by atoms with van der Waals surface area (Å²) in [5.41, 5.74) is 0. The number of hydrogen-bond acceptors (Lipinski definition) is 2. The van der Waals surface area contributed by atoms with Gasteiger partial charge in [0, 0.05) is 0 Å². The van der Waals surface area contributed by atoms with Crippen molar-refractivity contribution in [3.05, 3.63) is 6.92 Å². The minimum atomic E-state index is -0.371. The summed E-state index contributed by atoms with van der Waals surface area (Å²) in [6.07, 6.45) is 1.53. The molecule has 0 aromatic heterocycles. The van der Waals surface area contributed by atoms with Crippen molar-refractivity contribution in [2.45, 2.75) is 38.6 Å². The summed E-state index contributed by atoms with van der Waals surface area (Å²) in [6.45, 7) is 10.0. The van der Waals surface area contributed by atoms with E-state index in [2.05, 4.69) is 0 Å². The average molecular weight is 142 g/mol. The molecule has 58 valence electrons. The number of ether oxygens (including phenoxy) is 2. The highest BCUT2D eigenvalue weighted by Crippen LogP contribution is 2.27. The summed E-state index contributed by atoms with van der Waals surface area (Å²) in [4.78, 5) is 0. The van der Waals surface area contributed by atoms with Gasteiger partial charge in [-0.15, -0.1) is 0 Å². The van der Waals surface area contributed by atoms with Crippen molar-refractivity contribution in [3.8, 4) is 0 Å². The van der Waals surface area contributed by atoms with Crippen LogP contribution in [0.3, 0.4) is 0 Å². The fourth-order valence-corrected chi connectivity index (χ4v) is 0.991. The van der Waals surface area contributed by atoms with Crippen molar-refractivity contribution in [2.75, 3.05) is 6.61 Å². The van der Waals surface area contributed by atoms with Crippen LogP contribution in [0.25, 0.3) is 0 Å². The Labute approximate surface area is 62.5 Å². The first-order valence-corrected chi connectivity index (χ1v) is 3.72. The molecule has 10 heavy (non-hydrogen) atoms. The molecule has 0 amide bonds. The lowest BCUT2D eigenvalue weighted by Crippen LogP contribution is -2.25. The molecule has 0 N–H and O–H groups in total. The monoisotopic (exact) mass is 142 g/mol. The van der Waals surface area contributed by atoms with Gasteiger partial charge in [0.2, 0.25) is 0 Å². The van der Waals surface area contributed by atoms with Crippen LogP contribution in [0.15, 0.2) is 0 Å². The van der Waals surface area contributed by atoms with E-state index in [1.54, 1.807) is 0 Å². The number of rotatable bonds is 2. The highest BCUT2D eigenvalue weighted by Gasteiger charge is 2.34. The molecule has 0 spiro atoms. The molecule has 2 radical (unpaired) electrons. The van der Waals surface area contributed by atoms with Crippen LogP contribution in [0.2, 0.25) is 0 Å². The van der Waals surface area contributed by atoms with E-state index in [0.717, 1.165) is 6.42 Å². The fraction of sp³-hybridized carbons (Fsp3) is 0.875. The van der Waals surface area contributed by atoms with Gasteiger partial charge in [-0.25, -0.2) is 0 Å². The van der Waals surface area contributed by atoms with Gasteiger partial charge in [-0.3, -0.25) is 0 Å². The Kier molecular flexibility index (Phi) is 2.32. The smallest absolute Gasteiger partial charge is 0.165 e. The van der Waals surface area contributed by atoms with Crippen LogP contribution in [0, 0.1) is 6.92 Å². The van der Waals surface area contributed by atoms with E-state index in [-0.39, 0.29) is 11.9 Å². The van der Waals surface area contributed by atoms with E-state index in [4.69, 9.17) is 16.4 Å². The topological polar surface area (TPSA) is 18.5 Å². The zero-order valence-corrected chi connectivity index (χ0v) is 6.59. The average Bonchev–Trinajstić information content (AvgIpc) is 2.33. The van der Waals surface area contributed by atoms with Gasteiger partial charge in [-0.05, 0) is 26.7 Å². The van der Waals surface area contributed by atoms with Gasteiger partial charge >= 0.3 is 0 Å². The van der Waals surface area contributed by atoms with Gasteiger partial charge in [0.15, 0.2) is 5.79 Å². The molecule has 1 heterocycles. The Morgan fingerprint density at radius 3 is 2.70 bits per heavy atom. The lowest BCUT2D eigenvalue weighted by molar-refractivity contribution is -0.154. The molecule has 0 aromatic rings. The Morgan fingerprint density at radius 2 is 2.40 bits per heavy atom. The van der Waals surface area contributed by atoms with Crippen LogP contribution in [0.5, 0.6) is 0 Å². The fourth-order valence-electron chi connectivity index (χ4n) is 0.991. The maximum absolute atomic E-state index is 5.50. The Balaban J connectivity index is 2.41. The quantitative estimate of drug-likeness (QED) is 0.583. The van der Waals surface area contributed by atoms with Crippen LogP contribution in [-0.2, 0) is 9.47 Å². The molecule has 1 saturated heterocycles. The minimum Gasteiger partial charge on any atom is -0.348 e. The second-order valence-corrected chi connectivity index (χ2v) is 2.77. The Morgan fingerprint density at radius 1 is 1.70 bits per heavy atom. The van der Waals surface area contributed by atoms with Gasteiger partial charge in [0.05, 0.1) is 12.7 Å². The summed E-state index contributed by atoms with van der Waals surface area (Å²) >= 11 is 0. The van der Waals surface area contributed by atoms with Gasteiger partial charge < -0.3 is 9.47 Å². The first-order valence-electron chi connectivity index (χ1n) is 3.72. The van der Waals surface area contributed by atoms with Gasteiger partial charge in [-0.1, -0.05) is 6.92 Å². The number of hydrogen-bond donors (Lipinski definition) is 0. The summed E-state index contributed by atoms with van der Waals surface area (Å²) in [5, 5.41) is 0. The predicted octanol–water partition coefficient (Wildman–Crippen LogP) is 1.63. The second-order valence-electron chi connectivity index (χ2n) is 2.77. The normalized spacial score (nSPS) is 40.5. The van der Waals surface area contributed by atoms with E-state index in [9.17, 15) is 0 Å². The summed E-state index contributed by atoms with van der Waals surface area (Å²) < 4.78 is 10.9. The van der Waals surface area contributed by atoms with E-state index in [1.165, 1.54) is 0 Å². The first kappa shape index (κ1) is 8.02. The van der Waals surface area contributed by atoms with Crippen LogP contribution in [0.4, 0.5) is 0 Å². The van der Waals surface area contributed by atoms with Gasteiger partial charge in [-0.2, -0.15) is 0 Å². The molecule has 0 saturated carbocycles. The Hall–Kier alpha value is -0.0800. The summed E-state index contributed by atoms with van der Waals surface area (Å²) in [6, 6.07) is 0. The highest BCUT2D eigenvalue weighted by atomic mass is 16.7. The highest BCUT2D eigenvalue weighted by molar-refractivity contribution is 4.73. The standard InChI is InChI=1S/C8H14O2/c1-4-7-6-9-8(3,5-2)10-7/h1,7H,4-6H2,2-3H3. The second kappa shape index (κ2) is 2.89. The van der Waals surface area contributed by atoms with E-state index in [0.29, 0.717) is 13.0 Å². The van der Waals surface area contributed by atoms with E-state index >= 15 is 0 Å². The van der Waals surface area contributed by atoms with Crippen LogP contribution >= 0.6 is 0 Å². The maximum atomic E-state index is 5.50. The van der Waals surface area contributed by atoms with Crippen LogP contribution in [0.1, 0.15) is 26.7 Å². The van der Waals surface area contributed by atoms with Crippen molar-refractivity contribution >= 4 is 0 Å². The van der Waals surface area contributed by atoms with Gasteiger partial charge in [0.1, 0.15) is 0 Å². The molecular formula is C8H14O2. The summed E-state index contributed by atoms with van der Waals surface area (Å²) in [7, 11) is 0. The SMILES string of the molecule is [CH]CC1COC(C)(CC)O1. The molecule has 2 heteroatoms. The molecule has 2 atom stereocenters. The maximum Gasteiger partial charge on any atom is 0.165 e. The molecule has 0 bridgehead atoms. The zero-order chi connectivity index (χ0) is 7.61. The molecular weight excluding hydrogens is 128 g/mol. The molecule has 1 aliphatic rings.